The van der Waals surface area contributed by atoms with E-state index in [1.165, 1.54) is 10.8 Å². The van der Waals surface area contributed by atoms with Crippen molar-refractivity contribution in [3.05, 3.63) is 70.1 Å². The second-order valence-corrected chi connectivity index (χ2v) is 4.46. The van der Waals surface area contributed by atoms with Crippen LogP contribution in [-0.2, 0) is 17.9 Å². The summed E-state index contributed by atoms with van der Waals surface area (Å²) in [6.45, 7) is 0.346. The van der Waals surface area contributed by atoms with E-state index in [-0.39, 0.29) is 18.0 Å². The van der Waals surface area contributed by atoms with Crippen molar-refractivity contribution < 1.29 is 14.7 Å². The fourth-order valence-corrected chi connectivity index (χ4v) is 1.80. The van der Waals surface area contributed by atoms with E-state index in [2.05, 4.69) is 5.32 Å². The monoisotopic (exact) mass is 286 g/mol. The Morgan fingerprint density at radius 3 is 2.52 bits per heavy atom. The molecule has 0 saturated carbocycles. The Kier molecular flexibility index (Phi) is 4.50. The minimum Gasteiger partial charge on any atom is -0.477 e. The summed E-state index contributed by atoms with van der Waals surface area (Å²) in [6.07, 6.45) is 2.55. The Morgan fingerprint density at radius 2 is 1.86 bits per heavy atom. The fourth-order valence-electron chi connectivity index (χ4n) is 1.80. The summed E-state index contributed by atoms with van der Waals surface area (Å²) < 4.78 is 1.37. The maximum Gasteiger partial charge on any atom is 0.341 e. The van der Waals surface area contributed by atoms with Gasteiger partial charge in [0.15, 0.2) is 5.43 Å². The van der Waals surface area contributed by atoms with Gasteiger partial charge < -0.3 is 15.0 Å². The Hall–Kier alpha value is -2.89. The van der Waals surface area contributed by atoms with Gasteiger partial charge in [-0.05, 0) is 5.56 Å². The second-order valence-electron chi connectivity index (χ2n) is 4.46. The van der Waals surface area contributed by atoms with Gasteiger partial charge in [-0.25, -0.2) is 4.79 Å². The molecule has 108 valence electrons. The minimum atomic E-state index is -1.31. The van der Waals surface area contributed by atoms with Gasteiger partial charge in [-0.15, -0.1) is 0 Å². The standard InChI is InChI=1S/C15H14N2O4/c18-13-6-7-17(9-12(13)15(20)21)10-14(19)16-8-11-4-2-1-3-5-11/h1-7,9H,8,10H2,(H,16,19)(H,20,21). The van der Waals surface area contributed by atoms with Crippen LogP contribution in [0.25, 0.3) is 0 Å². The summed E-state index contributed by atoms with van der Waals surface area (Å²) in [7, 11) is 0. The number of pyridine rings is 1. The van der Waals surface area contributed by atoms with E-state index in [0.717, 1.165) is 17.8 Å². The number of carbonyl (C=O) groups is 2. The van der Waals surface area contributed by atoms with Crippen molar-refractivity contribution in [2.24, 2.45) is 0 Å². The van der Waals surface area contributed by atoms with Crippen LogP contribution in [0.5, 0.6) is 0 Å². The summed E-state index contributed by atoms with van der Waals surface area (Å²) in [5.41, 5.74) is 0.0359. The lowest BCUT2D eigenvalue weighted by Crippen LogP contribution is -2.28. The van der Waals surface area contributed by atoms with Crippen molar-refractivity contribution in [2.45, 2.75) is 13.1 Å². The lowest BCUT2D eigenvalue weighted by molar-refractivity contribution is -0.121. The quantitative estimate of drug-likeness (QED) is 0.853. The van der Waals surface area contributed by atoms with E-state index in [0.29, 0.717) is 6.54 Å². The molecule has 0 aliphatic rings. The third-order valence-corrected chi connectivity index (χ3v) is 2.87. The molecule has 6 heteroatoms. The van der Waals surface area contributed by atoms with E-state index in [1.54, 1.807) is 0 Å². The van der Waals surface area contributed by atoms with Crippen molar-refractivity contribution in [3.63, 3.8) is 0 Å². The first-order valence-electron chi connectivity index (χ1n) is 6.30. The lowest BCUT2D eigenvalue weighted by atomic mass is 10.2. The van der Waals surface area contributed by atoms with Gasteiger partial charge in [0.25, 0.3) is 0 Å². The predicted molar refractivity (Wildman–Crippen MR) is 76.0 cm³/mol. The highest BCUT2D eigenvalue weighted by Gasteiger charge is 2.09. The van der Waals surface area contributed by atoms with Crippen molar-refractivity contribution >= 4 is 11.9 Å². The number of hydrogen-bond acceptors (Lipinski definition) is 3. The molecule has 21 heavy (non-hydrogen) atoms. The van der Waals surface area contributed by atoms with Gasteiger partial charge in [0.2, 0.25) is 5.91 Å². The van der Waals surface area contributed by atoms with Crippen LogP contribution in [0.3, 0.4) is 0 Å². The third kappa shape index (κ3) is 4.04. The van der Waals surface area contributed by atoms with Crippen molar-refractivity contribution in [2.75, 3.05) is 0 Å². The molecular formula is C15H14N2O4. The van der Waals surface area contributed by atoms with Crippen LogP contribution >= 0.6 is 0 Å². The zero-order valence-corrected chi connectivity index (χ0v) is 11.2. The number of nitrogens with one attached hydrogen (secondary N) is 1. The van der Waals surface area contributed by atoms with Gasteiger partial charge in [-0.3, -0.25) is 9.59 Å². The molecule has 0 aliphatic carbocycles. The number of amides is 1. The molecule has 1 heterocycles. The Morgan fingerprint density at radius 1 is 1.14 bits per heavy atom. The number of nitrogens with zero attached hydrogens (tertiary/aromatic N) is 1. The first-order chi connectivity index (χ1) is 10.1. The molecule has 0 bridgehead atoms. The number of aromatic carboxylic acids is 1. The number of rotatable bonds is 5. The molecule has 1 aromatic carbocycles. The molecule has 0 aliphatic heterocycles. The van der Waals surface area contributed by atoms with Gasteiger partial charge in [0.05, 0.1) is 0 Å². The van der Waals surface area contributed by atoms with Gasteiger partial charge in [-0.1, -0.05) is 30.3 Å². The van der Waals surface area contributed by atoms with E-state index >= 15 is 0 Å². The summed E-state index contributed by atoms with van der Waals surface area (Å²) in [4.78, 5) is 34.0. The Balaban J connectivity index is 1.98. The number of carbonyl (C=O) groups excluding carboxylic acids is 1. The molecule has 6 nitrogen and oxygen atoms in total. The number of carboxylic acids is 1. The average molecular weight is 286 g/mol. The lowest BCUT2D eigenvalue weighted by Gasteiger charge is -2.08. The van der Waals surface area contributed by atoms with Crippen LogP contribution in [-0.4, -0.2) is 21.6 Å². The SMILES string of the molecule is O=C(Cn1ccc(=O)c(C(=O)O)c1)NCc1ccccc1. The highest BCUT2D eigenvalue weighted by atomic mass is 16.4. The van der Waals surface area contributed by atoms with Crippen molar-refractivity contribution in [1.82, 2.24) is 9.88 Å². The molecule has 0 fully saturated rings. The Labute approximate surface area is 120 Å². The normalized spacial score (nSPS) is 10.1. The summed E-state index contributed by atoms with van der Waals surface area (Å²) in [5.74, 6) is -1.57. The van der Waals surface area contributed by atoms with Crippen LogP contribution in [0.1, 0.15) is 15.9 Å². The van der Waals surface area contributed by atoms with Crippen LogP contribution in [0.4, 0.5) is 0 Å². The summed E-state index contributed by atoms with van der Waals surface area (Å²) in [6, 6.07) is 10.6. The minimum absolute atomic E-state index is 0.0482. The highest BCUT2D eigenvalue weighted by Crippen LogP contribution is 1.98. The van der Waals surface area contributed by atoms with Crippen LogP contribution in [0, 0.1) is 0 Å². The van der Waals surface area contributed by atoms with Gasteiger partial charge >= 0.3 is 5.97 Å². The molecule has 2 aromatic rings. The van der Waals surface area contributed by atoms with Gasteiger partial charge in [0.1, 0.15) is 12.1 Å². The zero-order valence-electron chi connectivity index (χ0n) is 11.2. The maximum atomic E-state index is 11.8. The van der Waals surface area contributed by atoms with Crippen LogP contribution in [0.2, 0.25) is 0 Å². The zero-order chi connectivity index (χ0) is 15.2. The van der Waals surface area contributed by atoms with E-state index < -0.39 is 11.4 Å². The smallest absolute Gasteiger partial charge is 0.341 e. The van der Waals surface area contributed by atoms with E-state index in [9.17, 15) is 14.4 Å². The topological polar surface area (TPSA) is 88.4 Å². The molecule has 0 spiro atoms. The molecular weight excluding hydrogens is 272 g/mol. The van der Waals surface area contributed by atoms with Crippen LogP contribution in [0.15, 0.2) is 53.6 Å². The molecule has 2 rings (SSSR count). The molecule has 0 atom stereocenters. The highest BCUT2D eigenvalue weighted by molar-refractivity contribution is 5.87. The van der Waals surface area contributed by atoms with E-state index in [4.69, 9.17) is 5.11 Å². The number of aromatic nitrogens is 1. The first kappa shape index (κ1) is 14.5. The molecule has 1 aromatic heterocycles. The molecule has 2 N–H and O–H groups in total. The summed E-state index contributed by atoms with van der Waals surface area (Å²) in [5, 5.41) is 11.6. The number of benzene rings is 1. The maximum absolute atomic E-state index is 11.8. The van der Waals surface area contributed by atoms with Gasteiger partial charge in [0, 0.05) is 25.0 Å². The number of carboxylic acid groups (broad SMARTS) is 1. The average Bonchev–Trinajstić information content (AvgIpc) is 2.48. The molecule has 1 amide bonds. The van der Waals surface area contributed by atoms with Crippen LogP contribution < -0.4 is 10.7 Å². The van der Waals surface area contributed by atoms with Crippen molar-refractivity contribution in [1.29, 1.82) is 0 Å². The first-order valence-corrected chi connectivity index (χ1v) is 6.30. The fraction of sp³-hybridized carbons (Fsp3) is 0.133. The molecule has 0 saturated heterocycles. The third-order valence-electron chi connectivity index (χ3n) is 2.87. The summed E-state index contributed by atoms with van der Waals surface area (Å²) >= 11 is 0. The van der Waals surface area contributed by atoms with Gasteiger partial charge in [-0.2, -0.15) is 0 Å². The second kappa shape index (κ2) is 6.51. The Bertz CT molecular complexity index is 707. The van der Waals surface area contributed by atoms with E-state index in [1.807, 2.05) is 30.3 Å². The molecule has 0 unspecified atom stereocenters. The van der Waals surface area contributed by atoms with Crippen molar-refractivity contribution in [3.8, 4) is 0 Å². The predicted octanol–water partition coefficient (Wildman–Crippen LogP) is 0.863. The number of hydrogen-bond donors (Lipinski definition) is 2. The molecule has 0 radical (unpaired) electrons. The largest absolute Gasteiger partial charge is 0.477 e.